The second-order valence-corrected chi connectivity index (χ2v) is 54.9. The van der Waals surface area contributed by atoms with Crippen molar-refractivity contribution in [3.63, 3.8) is 0 Å². The molecule has 4 saturated carbocycles. The molecule has 0 spiro atoms. The molecule has 0 radical (unpaired) electrons. The first-order valence-electron chi connectivity index (χ1n) is 31.5. The van der Waals surface area contributed by atoms with Gasteiger partial charge >= 0.3 is 47.5 Å². The summed E-state index contributed by atoms with van der Waals surface area (Å²) >= 11 is 0. The second-order valence-electron chi connectivity index (χ2n) is 29.2. The van der Waals surface area contributed by atoms with Crippen LogP contribution in [0.15, 0.2) is 12.7 Å². The Hall–Kier alpha value is -2.57. The molecule has 4 aliphatic carbocycles. The van der Waals surface area contributed by atoms with Gasteiger partial charge in [0.2, 0.25) is 0 Å². The highest BCUT2D eigenvalue weighted by atomic mass is 28.5. The fourth-order valence-electron chi connectivity index (χ4n) is 13.5. The van der Waals surface area contributed by atoms with E-state index < -0.39 is 86.1 Å². The minimum Gasteiger partial charge on any atom is -0.465 e. The maximum atomic E-state index is 14.1. The van der Waals surface area contributed by atoms with Crippen molar-refractivity contribution in [2.24, 2.45) is 29.1 Å². The summed E-state index contributed by atoms with van der Waals surface area (Å²) in [6, 6.07) is 1.68. The van der Waals surface area contributed by atoms with Crippen molar-refractivity contribution in [3.05, 3.63) is 12.7 Å². The molecule has 5 N–H and O–H groups in total. The van der Waals surface area contributed by atoms with E-state index >= 15 is 0 Å². The highest BCUT2D eigenvalue weighted by Gasteiger charge is 2.44. The zero-order chi connectivity index (χ0) is 61.0. The Labute approximate surface area is 501 Å². The summed E-state index contributed by atoms with van der Waals surface area (Å²) in [5, 5.41) is 21.3. The van der Waals surface area contributed by atoms with Crippen LogP contribution in [0.4, 0.5) is 19.2 Å². The topological polar surface area (TPSA) is 228 Å². The van der Waals surface area contributed by atoms with Gasteiger partial charge in [-0.15, -0.1) is 0 Å². The number of carbonyl (C=O) groups excluding carboxylic acids is 4. The molecule has 4 fully saturated rings. The highest BCUT2D eigenvalue weighted by Crippen LogP contribution is 2.40. The second kappa shape index (κ2) is 33.0. The number of amides is 4. The molecule has 0 bridgehead atoms. The average molecular weight is 1260 g/mol. The van der Waals surface area contributed by atoms with Gasteiger partial charge < -0.3 is 61.8 Å². The summed E-state index contributed by atoms with van der Waals surface area (Å²) in [5.41, 5.74) is -0.707. The molecule has 0 aromatic carbocycles. The first-order chi connectivity index (χ1) is 38.1. The number of alkyl carbamates (subject to hydrolysis) is 3. The molecular formula is C58H114N4O14Si6. The average Bonchev–Trinajstić information content (AvgIpc) is 3.41. The van der Waals surface area contributed by atoms with Crippen molar-refractivity contribution >= 4 is 80.7 Å². The van der Waals surface area contributed by atoms with E-state index in [0.717, 1.165) is 147 Å². The monoisotopic (exact) mass is 1260 g/mol. The summed E-state index contributed by atoms with van der Waals surface area (Å²) < 4.78 is 50.7. The Kier molecular flexibility index (Phi) is 28.9. The van der Waals surface area contributed by atoms with Gasteiger partial charge in [0.05, 0.1) is 0 Å². The minimum absolute atomic E-state index is 0.00548. The number of nitrogens with one attached hydrogen (secondary N) is 4. The smallest absolute Gasteiger partial charge is 0.407 e. The highest BCUT2D eigenvalue weighted by molar-refractivity contribution is 6.88. The summed E-state index contributed by atoms with van der Waals surface area (Å²) in [6.07, 6.45) is 19.3. The van der Waals surface area contributed by atoms with Gasteiger partial charge in [-0.1, -0.05) is 19.4 Å². The van der Waals surface area contributed by atoms with Gasteiger partial charge in [-0.3, -0.25) is 0 Å². The van der Waals surface area contributed by atoms with Crippen LogP contribution in [0.25, 0.3) is 0 Å². The van der Waals surface area contributed by atoms with Gasteiger partial charge in [0.1, 0.15) is 26.4 Å². The molecule has 0 unspecified atom stereocenters. The number of ether oxygens (including phenoxy) is 4. The maximum Gasteiger partial charge on any atom is 0.407 e. The largest absolute Gasteiger partial charge is 0.465 e. The molecule has 0 saturated heterocycles. The van der Waals surface area contributed by atoms with Crippen LogP contribution in [-0.4, -0.2) is 136 Å². The molecule has 24 heteroatoms. The molecule has 0 aliphatic heterocycles. The lowest BCUT2D eigenvalue weighted by Crippen LogP contribution is -2.52. The van der Waals surface area contributed by atoms with Crippen LogP contribution in [0, 0.1) is 29.1 Å². The molecule has 0 atom stereocenters. The predicted octanol–water partition coefficient (Wildman–Crippen LogP) is 14.3. The lowest BCUT2D eigenvalue weighted by Gasteiger charge is -2.40. The van der Waals surface area contributed by atoms with Gasteiger partial charge in [0, 0.05) is 35.7 Å². The zero-order valence-electron chi connectivity index (χ0n) is 53.5. The fraction of sp³-hybridized carbons (Fsp3) is 0.879. The quantitative estimate of drug-likeness (QED) is 0.0139. The van der Waals surface area contributed by atoms with Gasteiger partial charge in [0.25, 0.3) is 0 Å². The molecule has 82 heavy (non-hydrogen) atoms. The number of rotatable bonds is 32. The van der Waals surface area contributed by atoms with Crippen molar-refractivity contribution in [1.29, 1.82) is 0 Å². The number of carboxylic acid groups (broad SMARTS) is 1. The van der Waals surface area contributed by atoms with Crippen molar-refractivity contribution in [2.75, 3.05) is 26.4 Å². The maximum absolute atomic E-state index is 14.1. The van der Waals surface area contributed by atoms with Crippen molar-refractivity contribution in [2.45, 2.75) is 269 Å². The third kappa shape index (κ3) is 30.2. The van der Waals surface area contributed by atoms with Crippen LogP contribution >= 0.6 is 0 Å². The van der Waals surface area contributed by atoms with E-state index in [1.807, 2.05) is 0 Å². The summed E-state index contributed by atoms with van der Waals surface area (Å²) in [6.45, 7) is 34.6. The number of carbonyl (C=O) groups is 5. The summed E-state index contributed by atoms with van der Waals surface area (Å²) in [4.78, 5) is 62.9. The Morgan fingerprint density at radius 3 is 1.00 bits per heavy atom. The van der Waals surface area contributed by atoms with E-state index in [4.69, 9.17) is 35.4 Å². The molecule has 0 aromatic heterocycles. The fourth-order valence-corrected chi connectivity index (χ4v) is 38.6. The number of hydrogen-bond donors (Lipinski definition) is 5. The van der Waals surface area contributed by atoms with Crippen molar-refractivity contribution in [1.82, 2.24) is 21.3 Å². The van der Waals surface area contributed by atoms with E-state index in [0.29, 0.717) is 36.5 Å². The van der Waals surface area contributed by atoms with E-state index in [2.05, 4.69) is 120 Å². The molecule has 474 valence electrons. The Bertz CT molecular complexity index is 1910. The van der Waals surface area contributed by atoms with Crippen LogP contribution in [0.3, 0.4) is 0 Å². The van der Waals surface area contributed by atoms with Gasteiger partial charge in [0.15, 0.2) is 33.3 Å². The molecule has 4 aliphatic rings. The summed E-state index contributed by atoms with van der Waals surface area (Å²) in [5.74, 6) is 1.83. The third-order valence-electron chi connectivity index (χ3n) is 16.5. The predicted molar refractivity (Wildman–Crippen MR) is 339 cm³/mol. The third-order valence-corrected chi connectivity index (χ3v) is 35.8. The summed E-state index contributed by atoms with van der Waals surface area (Å²) in [7, 11) is -13.3. The lowest BCUT2D eigenvalue weighted by atomic mass is 9.76. The van der Waals surface area contributed by atoms with E-state index in [-0.39, 0.29) is 50.6 Å². The van der Waals surface area contributed by atoms with Crippen LogP contribution in [0.2, 0.25) is 104 Å². The Morgan fingerprint density at radius 2 is 0.720 bits per heavy atom. The van der Waals surface area contributed by atoms with Gasteiger partial charge in [-0.2, -0.15) is 0 Å². The Morgan fingerprint density at radius 1 is 0.439 bits per heavy atom. The van der Waals surface area contributed by atoms with Crippen LogP contribution in [-0.2, 0) is 40.2 Å². The van der Waals surface area contributed by atoms with Gasteiger partial charge in [-0.05, 0) is 256 Å². The molecule has 4 rings (SSSR count). The number of hydrogen-bond acceptors (Lipinski definition) is 13. The van der Waals surface area contributed by atoms with Gasteiger partial charge in [-0.25, -0.2) is 24.0 Å². The SMILES string of the molecule is C=CC(=O)OCCOC(=O)NC1CCC(CC2CCC(NC(=O)OCC(CCC[Si](C)(O[Si](C)(C)C)O[Si](C)(C)C)(CCC[Si](C)(O[Si](C)(C)C)O[Si](C)(C)C)COC(=O)NC3CCC(CC4CCC(NC(=O)O)CC4)CC3)CC2)CC1. The van der Waals surface area contributed by atoms with Crippen molar-refractivity contribution in [3.8, 4) is 0 Å². The van der Waals surface area contributed by atoms with E-state index in [9.17, 15) is 29.1 Å². The molecular weight excluding hydrogens is 1150 g/mol. The van der Waals surface area contributed by atoms with Crippen LogP contribution < -0.4 is 21.3 Å². The normalized spacial score (nSPS) is 24.3. The number of esters is 1. The minimum atomic E-state index is -2.65. The standard InChI is InChI=1S/C58H114N4O14Si6/c1-16-53(63)69-37-38-70-55(66)60-50-29-21-46(22-30-50)42-48-25-33-52(34-26-48)62-57(68)72-44-58(35-17-39-81(14,73-77(2,3)4)74-78(5,6)7,36-18-40-82(15,75-79(8,9)10)76-80(11,12)13)43-71-56(67)61-51-31-23-47(24-32-51)41-45-19-27-49(28-20-45)59-54(64)65/h16,45-52,59H,1,17-44H2,2-15H3,(H,60,66)(H,61,67)(H,62,68)(H,64,65). The van der Waals surface area contributed by atoms with E-state index in [1.54, 1.807) is 0 Å². The lowest BCUT2D eigenvalue weighted by molar-refractivity contribution is -0.138. The first kappa shape index (κ1) is 71.9. The van der Waals surface area contributed by atoms with Crippen molar-refractivity contribution < 1.29 is 64.5 Å². The molecule has 0 aromatic rings. The Balaban J connectivity index is 1.44. The molecule has 0 heterocycles. The van der Waals surface area contributed by atoms with Crippen LogP contribution in [0.5, 0.6) is 0 Å². The van der Waals surface area contributed by atoms with E-state index in [1.165, 1.54) is 0 Å². The first-order valence-corrected chi connectivity index (χ1v) is 50.2. The molecule has 18 nitrogen and oxygen atoms in total. The van der Waals surface area contributed by atoms with Crippen LogP contribution in [0.1, 0.15) is 141 Å². The molecule has 4 amide bonds. The zero-order valence-corrected chi connectivity index (χ0v) is 59.5.